The summed E-state index contributed by atoms with van der Waals surface area (Å²) < 4.78 is 1.71. The Balaban J connectivity index is 0. The van der Waals surface area contributed by atoms with Crippen molar-refractivity contribution in [1.82, 2.24) is 0 Å². The zero-order chi connectivity index (χ0) is 9.30. The summed E-state index contributed by atoms with van der Waals surface area (Å²) in [5.41, 5.74) is 4.86. The van der Waals surface area contributed by atoms with Crippen molar-refractivity contribution >= 4 is 0 Å². The maximum absolute atomic E-state index is 2.30. The zero-order valence-electron chi connectivity index (χ0n) is 9.25. The van der Waals surface area contributed by atoms with Gasteiger partial charge < -0.3 is 24.8 Å². The van der Waals surface area contributed by atoms with Crippen molar-refractivity contribution in [2.24, 2.45) is 5.92 Å². The van der Waals surface area contributed by atoms with E-state index in [4.69, 9.17) is 0 Å². The van der Waals surface area contributed by atoms with Crippen molar-refractivity contribution in [3.05, 3.63) is 20.0 Å². The van der Waals surface area contributed by atoms with Crippen LogP contribution >= 0.6 is 0 Å². The normalized spacial score (nSPS) is 20.9. The Morgan fingerprint density at radius 3 is 1.86 bits per heavy atom. The molecule has 0 amide bonds. The first-order valence-corrected chi connectivity index (χ1v) is 5.98. The van der Waals surface area contributed by atoms with Gasteiger partial charge in [-0.15, -0.1) is 0 Å². The van der Waals surface area contributed by atoms with E-state index in [-0.39, 0.29) is 24.8 Å². The van der Waals surface area contributed by atoms with Crippen molar-refractivity contribution < 1.29 is 49.5 Å². The van der Waals surface area contributed by atoms with Gasteiger partial charge in [0.05, 0.1) is 0 Å². The summed E-state index contributed by atoms with van der Waals surface area (Å²) >= 11 is 1.62. The molecule has 0 aromatic carbocycles. The molecule has 1 rings (SSSR count). The van der Waals surface area contributed by atoms with Crippen LogP contribution in [0.3, 0.4) is 0 Å². The van der Waals surface area contributed by atoms with Crippen LogP contribution in [-0.4, -0.2) is 0 Å². The monoisotopic (exact) mass is 309 g/mol. The fourth-order valence-corrected chi connectivity index (χ4v) is 4.02. The summed E-state index contributed by atoms with van der Waals surface area (Å²) in [5, 5.41) is 0. The topological polar surface area (TPSA) is 0 Å². The number of halogens is 2. The molecule has 0 nitrogen and oxygen atoms in total. The molecule has 0 saturated heterocycles. The Kier molecular flexibility index (Phi) is 8.99. The van der Waals surface area contributed by atoms with Gasteiger partial charge in [0.25, 0.3) is 0 Å². The Bertz CT molecular complexity index is 254. The number of rotatable bonds is 2. The molecule has 0 spiro atoms. The van der Waals surface area contributed by atoms with Gasteiger partial charge in [0.1, 0.15) is 0 Å². The van der Waals surface area contributed by atoms with Crippen molar-refractivity contribution in [2.45, 2.75) is 40.5 Å². The van der Waals surface area contributed by atoms with Gasteiger partial charge in [-0.1, -0.05) is 0 Å². The van der Waals surface area contributed by atoms with Crippen molar-refractivity contribution in [3.8, 4) is 0 Å². The van der Waals surface area contributed by atoms with Gasteiger partial charge in [-0.25, -0.2) is 0 Å². The fourth-order valence-electron chi connectivity index (χ4n) is 2.09. The van der Waals surface area contributed by atoms with Gasteiger partial charge in [0.2, 0.25) is 0 Å². The van der Waals surface area contributed by atoms with Gasteiger partial charge in [0, 0.05) is 0 Å². The molecule has 0 heterocycles. The second-order valence-corrected chi connectivity index (χ2v) is 4.84. The van der Waals surface area contributed by atoms with E-state index in [1.54, 1.807) is 44.7 Å². The van der Waals surface area contributed by atoms with Gasteiger partial charge in [-0.05, 0) is 0 Å². The predicted octanol–water partition coefficient (Wildman–Crippen LogP) is -2.42. The minimum Gasteiger partial charge on any atom is -1.00 e. The molecule has 0 aromatic heterocycles. The van der Waals surface area contributed by atoms with E-state index < -0.39 is 0 Å². The molecule has 1 unspecified atom stereocenters. The zero-order valence-corrected chi connectivity index (χ0v) is 13.2. The fraction of sp³-hybridized carbons (Fsp3) is 0.636. The van der Waals surface area contributed by atoms with Crippen LogP contribution in [0.25, 0.3) is 0 Å². The number of allylic oxidation sites excluding steroid dienone is 4. The average Bonchev–Trinajstić information content (AvgIpc) is 2.25. The Hall–Kier alpha value is 0.943. The second-order valence-electron chi connectivity index (χ2n) is 3.51. The molecule has 0 aliphatic heterocycles. The second kappa shape index (κ2) is 7.26. The summed E-state index contributed by atoms with van der Waals surface area (Å²) in [6, 6.07) is 0. The van der Waals surface area contributed by atoms with Crippen LogP contribution < -0.4 is 24.8 Å². The van der Waals surface area contributed by atoms with Gasteiger partial charge in [-0.3, -0.25) is 0 Å². The van der Waals surface area contributed by atoms with Gasteiger partial charge in [-0.2, -0.15) is 0 Å². The third-order valence-electron chi connectivity index (χ3n) is 3.00. The Morgan fingerprint density at radius 2 is 1.64 bits per heavy atom. The van der Waals surface area contributed by atoms with Crippen LogP contribution in [0.1, 0.15) is 40.5 Å². The molecule has 79 valence electrons. The maximum Gasteiger partial charge on any atom is -1.00 e. The van der Waals surface area contributed by atoms with Crippen LogP contribution in [0.15, 0.2) is 20.0 Å². The van der Waals surface area contributed by atoms with Crippen molar-refractivity contribution in [1.29, 1.82) is 0 Å². The van der Waals surface area contributed by atoms with E-state index in [0.717, 1.165) is 5.92 Å². The number of hydrogen-bond acceptors (Lipinski definition) is 0. The minimum absolute atomic E-state index is 0. The molecule has 0 saturated carbocycles. The van der Waals surface area contributed by atoms with E-state index in [1.807, 2.05) is 0 Å². The summed E-state index contributed by atoms with van der Waals surface area (Å²) in [4.78, 5) is 0. The van der Waals surface area contributed by atoms with E-state index >= 15 is 0 Å². The maximum atomic E-state index is 2.30. The first-order chi connectivity index (χ1) is 5.63. The molecule has 0 fully saturated rings. The minimum atomic E-state index is 0. The molecular formula is C11H17Cl2Zr. The third-order valence-corrected chi connectivity index (χ3v) is 4.60. The number of hydrogen-bond donors (Lipinski definition) is 0. The first kappa shape index (κ1) is 17.3. The smallest absolute Gasteiger partial charge is 1.00 e. The Morgan fingerprint density at radius 1 is 1.14 bits per heavy atom. The summed E-state index contributed by atoms with van der Waals surface area (Å²) in [6.07, 6.45) is 2.51. The van der Waals surface area contributed by atoms with E-state index in [0.29, 0.717) is 0 Å². The van der Waals surface area contributed by atoms with E-state index in [2.05, 4.69) is 27.7 Å². The quantitative estimate of drug-likeness (QED) is 0.533. The van der Waals surface area contributed by atoms with Crippen LogP contribution in [0.5, 0.6) is 0 Å². The van der Waals surface area contributed by atoms with Crippen LogP contribution in [-0.2, 0) is 24.7 Å². The summed E-state index contributed by atoms with van der Waals surface area (Å²) in [6.45, 7) is 9.16. The van der Waals surface area contributed by atoms with Gasteiger partial charge >= 0.3 is 91.2 Å². The van der Waals surface area contributed by atoms with E-state index in [9.17, 15) is 0 Å². The molecule has 1 atom stereocenters. The molecule has 0 radical (unpaired) electrons. The molecule has 0 aromatic rings. The van der Waals surface area contributed by atoms with Crippen LogP contribution in [0, 0.1) is 5.92 Å². The average molecular weight is 311 g/mol. The third kappa shape index (κ3) is 2.97. The molecule has 0 N–H and O–H groups in total. The molecule has 0 bridgehead atoms. The van der Waals surface area contributed by atoms with Crippen molar-refractivity contribution in [2.75, 3.05) is 0 Å². The first-order valence-electron chi connectivity index (χ1n) is 4.75. The van der Waals surface area contributed by atoms with Gasteiger partial charge in [0.15, 0.2) is 0 Å². The standard InChI is InChI=1S/C11H17.2ClH.Zr/c1-5-10-7-11(6-2)9(4)8(10)3;;;/h10H,5-6H2,1-4H3;2*1H;/q;;;+2/p-2. The molecule has 1 aliphatic rings. The van der Waals surface area contributed by atoms with Crippen molar-refractivity contribution in [3.63, 3.8) is 0 Å². The van der Waals surface area contributed by atoms with Crippen LogP contribution in [0.2, 0.25) is 0 Å². The molecule has 14 heavy (non-hydrogen) atoms. The molecule has 3 heteroatoms. The largest absolute Gasteiger partial charge is 1.00 e. The predicted molar refractivity (Wildman–Crippen MR) is 49.5 cm³/mol. The molecule has 1 aliphatic carbocycles. The van der Waals surface area contributed by atoms with E-state index in [1.165, 1.54) is 12.8 Å². The molecular weight excluding hydrogens is 294 g/mol. The van der Waals surface area contributed by atoms with Crippen LogP contribution in [0.4, 0.5) is 0 Å². The SMILES string of the molecule is CCC1=[C]([Zr+2])C(CC)C(C)=C1C.[Cl-].[Cl-]. The summed E-state index contributed by atoms with van der Waals surface area (Å²) in [5.74, 6) is 0.790. The Labute approximate surface area is 115 Å². The summed E-state index contributed by atoms with van der Waals surface area (Å²) in [7, 11) is 0.